The summed E-state index contributed by atoms with van der Waals surface area (Å²) in [5.74, 6) is -0.955. The maximum absolute atomic E-state index is 12.9. The summed E-state index contributed by atoms with van der Waals surface area (Å²) in [7, 11) is 0. The topological polar surface area (TPSA) is 78.9 Å². The van der Waals surface area contributed by atoms with Crippen LogP contribution in [0.4, 0.5) is 0 Å². The largest absolute Gasteiger partial charge is 0.462 e. The molecular formula is C72H116O6. The number of rotatable bonds is 56. The molecule has 0 aromatic carbocycles. The lowest BCUT2D eigenvalue weighted by Crippen LogP contribution is -2.30. The lowest BCUT2D eigenvalue weighted by Gasteiger charge is -2.18. The van der Waals surface area contributed by atoms with Crippen molar-refractivity contribution in [2.45, 2.75) is 277 Å². The highest BCUT2D eigenvalue weighted by Gasteiger charge is 2.19. The smallest absolute Gasteiger partial charge is 0.306 e. The minimum absolute atomic E-state index is 0.104. The van der Waals surface area contributed by atoms with Crippen LogP contribution in [-0.4, -0.2) is 37.2 Å². The van der Waals surface area contributed by atoms with E-state index >= 15 is 0 Å². The van der Waals surface area contributed by atoms with Crippen LogP contribution in [0.3, 0.4) is 0 Å². The molecular weight excluding hydrogens is 961 g/mol. The lowest BCUT2D eigenvalue weighted by molar-refractivity contribution is -0.167. The van der Waals surface area contributed by atoms with E-state index in [4.69, 9.17) is 14.2 Å². The first-order valence-corrected chi connectivity index (χ1v) is 31.8. The van der Waals surface area contributed by atoms with Gasteiger partial charge in [0.05, 0.1) is 0 Å². The molecule has 0 aromatic rings. The fraction of sp³-hybridized carbons (Fsp3) is 0.625. The van der Waals surface area contributed by atoms with E-state index in [-0.39, 0.29) is 37.5 Å². The van der Waals surface area contributed by atoms with Gasteiger partial charge in [0.2, 0.25) is 0 Å². The average molecular weight is 1080 g/mol. The van der Waals surface area contributed by atoms with E-state index < -0.39 is 6.10 Å². The minimum atomic E-state index is -0.812. The molecule has 0 aliphatic carbocycles. The van der Waals surface area contributed by atoms with Crippen LogP contribution < -0.4 is 0 Å². The molecule has 0 heterocycles. The fourth-order valence-electron chi connectivity index (χ4n) is 8.35. The molecule has 0 radical (unpaired) electrons. The van der Waals surface area contributed by atoms with Gasteiger partial charge in [0.25, 0.3) is 0 Å². The molecule has 440 valence electrons. The van der Waals surface area contributed by atoms with Crippen LogP contribution in [0.15, 0.2) is 146 Å². The summed E-state index contributed by atoms with van der Waals surface area (Å²) in [6.07, 6.45) is 92.7. The third-order valence-corrected chi connectivity index (χ3v) is 13.1. The predicted octanol–water partition coefficient (Wildman–Crippen LogP) is 21.9. The molecule has 0 N–H and O–H groups in total. The number of carbonyl (C=O) groups excluding carboxylic acids is 3. The molecule has 0 aromatic heterocycles. The molecule has 1 unspecified atom stereocenters. The van der Waals surface area contributed by atoms with Gasteiger partial charge in [-0.05, 0) is 141 Å². The van der Waals surface area contributed by atoms with E-state index in [9.17, 15) is 14.4 Å². The molecule has 0 spiro atoms. The van der Waals surface area contributed by atoms with Gasteiger partial charge in [-0.1, -0.05) is 256 Å². The summed E-state index contributed by atoms with van der Waals surface area (Å²) in [5.41, 5.74) is 0. The first kappa shape index (κ1) is 73.3. The van der Waals surface area contributed by atoms with Gasteiger partial charge in [-0.3, -0.25) is 14.4 Å². The Hall–Kier alpha value is -4.71. The van der Waals surface area contributed by atoms with Gasteiger partial charge in [-0.15, -0.1) is 0 Å². The van der Waals surface area contributed by atoms with Crippen LogP contribution in [0, 0.1) is 0 Å². The lowest BCUT2D eigenvalue weighted by atomic mass is 10.1. The number of ether oxygens (including phenoxy) is 3. The Balaban J connectivity index is 4.50. The number of carbonyl (C=O) groups is 3. The monoisotopic (exact) mass is 1080 g/mol. The van der Waals surface area contributed by atoms with Crippen molar-refractivity contribution in [3.05, 3.63) is 146 Å². The van der Waals surface area contributed by atoms with Crippen LogP contribution in [0.1, 0.15) is 271 Å². The quantitative estimate of drug-likeness (QED) is 0.0261. The van der Waals surface area contributed by atoms with Crippen LogP contribution in [0.2, 0.25) is 0 Å². The molecule has 0 aliphatic rings. The van der Waals surface area contributed by atoms with Crippen molar-refractivity contribution >= 4 is 17.9 Å². The van der Waals surface area contributed by atoms with E-state index in [0.29, 0.717) is 19.3 Å². The molecule has 78 heavy (non-hydrogen) atoms. The second kappa shape index (κ2) is 64.8. The van der Waals surface area contributed by atoms with Gasteiger partial charge in [0, 0.05) is 19.3 Å². The van der Waals surface area contributed by atoms with Gasteiger partial charge < -0.3 is 14.2 Å². The molecule has 0 aliphatic heterocycles. The molecule has 0 saturated heterocycles. The fourth-order valence-corrected chi connectivity index (χ4v) is 8.35. The summed E-state index contributed by atoms with van der Waals surface area (Å²) in [5, 5.41) is 0. The maximum Gasteiger partial charge on any atom is 0.306 e. The normalized spacial score (nSPS) is 13.1. The van der Waals surface area contributed by atoms with Gasteiger partial charge in [-0.2, -0.15) is 0 Å². The third kappa shape index (κ3) is 62.1. The Kier molecular flexibility index (Phi) is 60.9. The standard InChI is InChI=1S/C72H116O6/c1-4-7-10-13-16-19-22-25-28-31-34-35-36-37-39-41-44-47-50-53-56-59-62-65-71(74)77-68-69(67-76-70(73)64-61-58-55-52-49-46-43-40-33-30-27-24-21-18-15-12-9-6-3)78-72(75)66-63-60-57-54-51-48-45-42-38-32-29-26-23-20-17-14-11-8-5-2/h7-8,10-11,16-17,19-21,24-26,28-30,33-35,37-39,42,48,51,69H,4-6,9,12-15,18,22-23,27,31-32,36,40-41,43-47,49-50,52-68H2,1-3H3/b10-7-,11-8-,19-16-,20-17-,24-21-,28-25-,29-26-,33-30-,35-34-,39-37-,42-38-,51-48-. The average Bonchev–Trinajstić information content (AvgIpc) is 3.44. The molecule has 1 atom stereocenters. The number of esters is 3. The van der Waals surface area contributed by atoms with E-state index in [1.807, 2.05) is 0 Å². The van der Waals surface area contributed by atoms with Crippen molar-refractivity contribution in [1.29, 1.82) is 0 Å². The van der Waals surface area contributed by atoms with Crippen molar-refractivity contribution < 1.29 is 28.6 Å². The number of hydrogen-bond donors (Lipinski definition) is 0. The Morgan fingerprint density at radius 3 is 0.795 bits per heavy atom. The van der Waals surface area contributed by atoms with Crippen LogP contribution in [0.5, 0.6) is 0 Å². The molecule has 0 bridgehead atoms. The summed E-state index contributed by atoms with van der Waals surface area (Å²) >= 11 is 0. The van der Waals surface area contributed by atoms with E-state index in [1.54, 1.807) is 0 Å². The van der Waals surface area contributed by atoms with Gasteiger partial charge in [-0.25, -0.2) is 0 Å². The zero-order valence-corrected chi connectivity index (χ0v) is 50.4. The van der Waals surface area contributed by atoms with Crippen molar-refractivity contribution in [3.63, 3.8) is 0 Å². The Labute approximate surface area is 480 Å². The second-order valence-electron chi connectivity index (χ2n) is 20.5. The number of unbranched alkanes of at least 4 members (excludes halogenated alkanes) is 21. The third-order valence-electron chi connectivity index (χ3n) is 13.1. The molecule has 0 saturated carbocycles. The maximum atomic E-state index is 12.9. The van der Waals surface area contributed by atoms with Gasteiger partial charge in [0.1, 0.15) is 13.2 Å². The van der Waals surface area contributed by atoms with Crippen molar-refractivity contribution in [3.8, 4) is 0 Å². The van der Waals surface area contributed by atoms with Gasteiger partial charge >= 0.3 is 17.9 Å². The van der Waals surface area contributed by atoms with Crippen molar-refractivity contribution in [1.82, 2.24) is 0 Å². The van der Waals surface area contributed by atoms with Crippen LogP contribution in [-0.2, 0) is 28.6 Å². The Morgan fingerprint density at radius 1 is 0.269 bits per heavy atom. The first-order valence-electron chi connectivity index (χ1n) is 31.8. The van der Waals surface area contributed by atoms with Gasteiger partial charge in [0.15, 0.2) is 6.10 Å². The van der Waals surface area contributed by atoms with E-state index in [1.165, 1.54) is 83.5 Å². The SMILES string of the molecule is CC/C=C\C/C=C\C/C=C\C/C=C\C/C=C\CCCCCCCCCC(=O)OCC(COC(=O)CCCCCCCCC/C=C\C/C=C\CCCCCC)OC(=O)CCCCC/C=C\C/C=C\C/C=C\C/C=C\C/C=C\CC. The molecule has 6 heteroatoms. The number of allylic oxidation sites excluding steroid dienone is 24. The minimum Gasteiger partial charge on any atom is -0.462 e. The molecule has 0 rings (SSSR count). The molecule has 6 nitrogen and oxygen atoms in total. The first-order chi connectivity index (χ1) is 38.5. The summed E-state index contributed by atoms with van der Waals surface area (Å²) in [6.45, 7) is 6.36. The highest BCUT2D eigenvalue weighted by atomic mass is 16.6. The van der Waals surface area contributed by atoms with E-state index in [0.717, 1.165) is 141 Å². The van der Waals surface area contributed by atoms with Crippen LogP contribution >= 0.6 is 0 Å². The Bertz CT molecular complexity index is 1710. The zero-order valence-electron chi connectivity index (χ0n) is 50.4. The highest BCUT2D eigenvalue weighted by Crippen LogP contribution is 2.14. The molecule has 0 fully saturated rings. The highest BCUT2D eigenvalue weighted by molar-refractivity contribution is 5.71. The van der Waals surface area contributed by atoms with Crippen molar-refractivity contribution in [2.24, 2.45) is 0 Å². The van der Waals surface area contributed by atoms with E-state index in [2.05, 4.69) is 167 Å². The summed E-state index contributed by atoms with van der Waals surface area (Å²) in [6, 6.07) is 0. The summed E-state index contributed by atoms with van der Waals surface area (Å²) in [4.78, 5) is 38.4. The predicted molar refractivity (Wildman–Crippen MR) is 339 cm³/mol. The summed E-state index contributed by atoms with van der Waals surface area (Å²) < 4.78 is 16.9. The second-order valence-corrected chi connectivity index (χ2v) is 20.5. The zero-order chi connectivity index (χ0) is 56.4. The molecule has 0 amide bonds. The number of hydrogen-bond acceptors (Lipinski definition) is 6. The Morgan fingerprint density at radius 2 is 0.500 bits per heavy atom. The van der Waals surface area contributed by atoms with Crippen molar-refractivity contribution in [2.75, 3.05) is 13.2 Å². The van der Waals surface area contributed by atoms with Crippen LogP contribution in [0.25, 0.3) is 0 Å².